The summed E-state index contributed by atoms with van der Waals surface area (Å²) < 4.78 is 0. The van der Waals surface area contributed by atoms with Gasteiger partial charge in [-0.05, 0) is 49.7 Å². The van der Waals surface area contributed by atoms with Crippen LogP contribution >= 0.6 is 23.4 Å². The van der Waals surface area contributed by atoms with E-state index in [2.05, 4.69) is 37.3 Å². The Morgan fingerprint density at radius 2 is 1.83 bits per heavy atom. The van der Waals surface area contributed by atoms with Crippen LogP contribution in [-0.4, -0.2) is 6.54 Å². The number of hydrogen-bond donors (Lipinski definition) is 1. The van der Waals surface area contributed by atoms with Crippen molar-refractivity contribution in [2.75, 3.05) is 6.54 Å². The molecular weight excluding hydrogens is 262 g/mol. The fourth-order valence-electron chi connectivity index (χ4n) is 1.72. The molecule has 0 heterocycles. The smallest absolute Gasteiger partial charge is 0.0417 e. The average molecular weight is 278 g/mol. The maximum atomic E-state index is 6.06. The van der Waals surface area contributed by atoms with Gasteiger partial charge in [-0.1, -0.05) is 47.1 Å². The Bertz CT molecular complexity index is 523. The highest BCUT2D eigenvalue weighted by molar-refractivity contribution is 7.99. The number of rotatable bonds is 4. The SMILES string of the molecule is Cc1ccc(Sc2cc(Cl)ccc2CCN)cc1. The third-order valence-corrected chi connectivity index (χ3v) is 4.03. The van der Waals surface area contributed by atoms with Crippen LogP contribution in [0.2, 0.25) is 5.02 Å². The van der Waals surface area contributed by atoms with Gasteiger partial charge in [0, 0.05) is 14.8 Å². The van der Waals surface area contributed by atoms with E-state index < -0.39 is 0 Å². The molecule has 0 atom stereocenters. The Labute approximate surface area is 117 Å². The molecule has 0 radical (unpaired) electrons. The van der Waals surface area contributed by atoms with Crippen LogP contribution in [-0.2, 0) is 6.42 Å². The first kappa shape index (κ1) is 13.5. The van der Waals surface area contributed by atoms with Gasteiger partial charge in [0.15, 0.2) is 0 Å². The fourth-order valence-corrected chi connectivity index (χ4v) is 2.97. The largest absolute Gasteiger partial charge is 0.330 e. The summed E-state index contributed by atoms with van der Waals surface area (Å²) in [7, 11) is 0. The maximum Gasteiger partial charge on any atom is 0.0417 e. The Balaban J connectivity index is 2.26. The van der Waals surface area contributed by atoms with Gasteiger partial charge in [-0.2, -0.15) is 0 Å². The minimum Gasteiger partial charge on any atom is -0.330 e. The normalized spacial score (nSPS) is 10.6. The van der Waals surface area contributed by atoms with Crippen molar-refractivity contribution in [1.29, 1.82) is 0 Å². The fraction of sp³-hybridized carbons (Fsp3) is 0.200. The van der Waals surface area contributed by atoms with E-state index in [1.165, 1.54) is 20.9 Å². The van der Waals surface area contributed by atoms with Crippen LogP contribution in [0.3, 0.4) is 0 Å². The van der Waals surface area contributed by atoms with Crippen LogP contribution in [0.15, 0.2) is 52.3 Å². The second kappa shape index (κ2) is 6.28. The van der Waals surface area contributed by atoms with Crippen LogP contribution in [0.4, 0.5) is 0 Å². The molecule has 0 aliphatic heterocycles. The molecule has 2 rings (SSSR count). The lowest BCUT2D eigenvalue weighted by molar-refractivity contribution is 0.944. The van der Waals surface area contributed by atoms with Gasteiger partial charge in [-0.3, -0.25) is 0 Å². The van der Waals surface area contributed by atoms with E-state index in [-0.39, 0.29) is 0 Å². The van der Waals surface area contributed by atoms with Crippen LogP contribution < -0.4 is 5.73 Å². The lowest BCUT2D eigenvalue weighted by Gasteiger charge is -2.09. The zero-order chi connectivity index (χ0) is 13.0. The zero-order valence-corrected chi connectivity index (χ0v) is 11.9. The summed E-state index contributed by atoms with van der Waals surface area (Å²) in [5, 5.41) is 0.769. The molecule has 1 nitrogen and oxygen atoms in total. The third-order valence-electron chi connectivity index (χ3n) is 2.69. The monoisotopic (exact) mass is 277 g/mol. The van der Waals surface area contributed by atoms with Crippen molar-refractivity contribution in [3.05, 3.63) is 58.6 Å². The van der Waals surface area contributed by atoms with Gasteiger partial charge in [0.05, 0.1) is 0 Å². The van der Waals surface area contributed by atoms with Crippen LogP contribution in [0.5, 0.6) is 0 Å². The highest BCUT2D eigenvalue weighted by Crippen LogP contribution is 2.32. The van der Waals surface area contributed by atoms with Gasteiger partial charge in [-0.15, -0.1) is 0 Å². The summed E-state index contributed by atoms with van der Waals surface area (Å²) in [6.45, 7) is 2.75. The van der Waals surface area contributed by atoms with E-state index in [1.807, 2.05) is 12.1 Å². The van der Waals surface area contributed by atoms with Crippen molar-refractivity contribution in [3.63, 3.8) is 0 Å². The predicted molar refractivity (Wildman–Crippen MR) is 79.5 cm³/mol. The molecule has 0 saturated carbocycles. The average Bonchev–Trinajstić information content (AvgIpc) is 2.36. The number of hydrogen-bond acceptors (Lipinski definition) is 2. The summed E-state index contributed by atoms with van der Waals surface area (Å²) in [5.41, 5.74) is 8.17. The van der Waals surface area contributed by atoms with Crippen molar-refractivity contribution in [2.24, 2.45) is 5.73 Å². The van der Waals surface area contributed by atoms with Gasteiger partial charge in [0.1, 0.15) is 0 Å². The molecule has 2 aromatic carbocycles. The number of halogens is 1. The predicted octanol–water partition coefficient (Wildman–Crippen LogP) is 4.30. The first-order valence-corrected chi connectivity index (χ1v) is 7.11. The minimum atomic E-state index is 0.656. The standard InChI is InChI=1S/C15H16ClNS/c1-11-2-6-14(7-3-11)18-15-10-13(16)5-4-12(15)8-9-17/h2-7,10H,8-9,17H2,1H3. The summed E-state index contributed by atoms with van der Waals surface area (Å²) in [6, 6.07) is 14.5. The topological polar surface area (TPSA) is 26.0 Å². The molecule has 18 heavy (non-hydrogen) atoms. The van der Waals surface area contributed by atoms with Crippen molar-refractivity contribution >= 4 is 23.4 Å². The molecule has 0 unspecified atom stereocenters. The van der Waals surface area contributed by atoms with E-state index in [1.54, 1.807) is 11.8 Å². The summed E-state index contributed by atoms with van der Waals surface area (Å²) in [4.78, 5) is 2.41. The summed E-state index contributed by atoms with van der Waals surface area (Å²) in [6.07, 6.45) is 0.880. The molecule has 3 heteroatoms. The van der Waals surface area contributed by atoms with E-state index >= 15 is 0 Å². The molecule has 0 saturated heterocycles. The molecule has 2 aromatic rings. The van der Waals surface area contributed by atoms with Crippen LogP contribution in [0.25, 0.3) is 0 Å². The number of aryl methyl sites for hydroxylation is 1. The van der Waals surface area contributed by atoms with E-state index in [4.69, 9.17) is 17.3 Å². The van der Waals surface area contributed by atoms with E-state index in [0.29, 0.717) is 6.54 Å². The second-order valence-corrected chi connectivity index (χ2v) is 5.76. The highest BCUT2D eigenvalue weighted by Gasteiger charge is 2.05. The van der Waals surface area contributed by atoms with Gasteiger partial charge in [-0.25, -0.2) is 0 Å². The second-order valence-electron chi connectivity index (χ2n) is 4.21. The molecule has 0 spiro atoms. The summed E-state index contributed by atoms with van der Waals surface area (Å²) >= 11 is 7.80. The van der Waals surface area contributed by atoms with Gasteiger partial charge in [0.25, 0.3) is 0 Å². The Kier molecular flexibility index (Phi) is 4.70. The lowest BCUT2D eigenvalue weighted by atomic mass is 10.1. The van der Waals surface area contributed by atoms with E-state index in [0.717, 1.165) is 11.4 Å². The first-order chi connectivity index (χ1) is 8.69. The van der Waals surface area contributed by atoms with Crippen molar-refractivity contribution in [2.45, 2.75) is 23.1 Å². The Morgan fingerprint density at radius 1 is 1.11 bits per heavy atom. The molecule has 0 aliphatic rings. The molecule has 2 N–H and O–H groups in total. The van der Waals surface area contributed by atoms with Gasteiger partial charge < -0.3 is 5.73 Å². The molecule has 94 valence electrons. The maximum absolute atomic E-state index is 6.06. The molecule has 0 fully saturated rings. The number of nitrogens with two attached hydrogens (primary N) is 1. The quantitative estimate of drug-likeness (QED) is 0.902. The van der Waals surface area contributed by atoms with Crippen molar-refractivity contribution in [3.8, 4) is 0 Å². The van der Waals surface area contributed by atoms with Gasteiger partial charge >= 0.3 is 0 Å². The Morgan fingerprint density at radius 3 is 2.50 bits per heavy atom. The van der Waals surface area contributed by atoms with Crippen LogP contribution in [0.1, 0.15) is 11.1 Å². The minimum absolute atomic E-state index is 0.656. The zero-order valence-electron chi connectivity index (χ0n) is 10.3. The third kappa shape index (κ3) is 3.52. The molecule has 0 aliphatic carbocycles. The van der Waals surface area contributed by atoms with E-state index in [9.17, 15) is 0 Å². The molecule has 0 bridgehead atoms. The molecule has 0 amide bonds. The molecular formula is C15H16ClNS. The highest BCUT2D eigenvalue weighted by atomic mass is 35.5. The van der Waals surface area contributed by atoms with Crippen LogP contribution in [0, 0.1) is 6.92 Å². The van der Waals surface area contributed by atoms with Crippen molar-refractivity contribution in [1.82, 2.24) is 0 Å². The molecule has 0 aromatic heterocycles. The van der Waals surface area contributed by atoms with Gasteiger partial charge in [0.2, 0.25) is 0 Å². The summed E-state index contributed by atoms with van der Waals surface area (Å²) in [5.74, 6) is 0. The van der Waals surface area contributed by atoms with Crippen molar-refractivity contribution < 1.29 is 0 Å². The first-order valence-electron chi connectivity index (χ1n) is 5.92. The Hall–Kier alpha value is -0.960. The lowest BCUT2D eigenvalue weighted by Crippen LogP contribution is -2.03. The number of benzene rings is 2.